The third kappa shape index (κ3) is 2.78. The monoisotopic (exact) mass is 225 g/mol. The van der Waals surface area contributed by atoms with Gasteiger partial charge in [-0.05, 0) is 38.1 Å². The van der Waals surface area contributed by atoms with Crippen molar-refractivity contribution in [2.75, 3.05) is 13.7 Å². The third-order valence-electron chi connectivity index (χ3n) is 4.54. The number of hydrogen-bond donors (Lipinski definition) is 1. The van der Waals surface area contributed by atoms with Crippen LogP contribution in [0, 0.1) is 11.8 Å². The fourth-order valence-corrected chi connectivity index (χ4v) is 3.51. The Hall–Kier alpha value is -0.0800. The molecule has 1 N–H and O–H groups in total. The van der Waals surface area contributed by atoms with E-state index >= 15 is 0 Å². The highest BCUT2D eigenvalue weighted by Crippen LogP contribution is 2.32. The molecule has 0 aromatic rings. The Morgan fingerprint density at radius 3 is 2.25 bits per heavy atom. The van der Waals surface area contributed by atoms with Gasteiger partial charge in [0.1, 0.15) is 0 Å². The van der Waals surface area contributed by atoms with E-state index in [0.29, 0.717) is 12.1 Å². The molecule has 3 atom stereocenters. The average Bonchev–Trinajstić information content (AvgIpc) is 2.57. The van der Waals surface area contributed by atoms with Gasteiger partial charge in [0.05, 0.1) is 6.10 Å². The van der Waals surface area contributed by atoms with Crippen LogP contribution in [0.5, 0.6) is 0 Å². The molecule has 2 heteroatoms. The fourth-order valence-electron chi connectivity index (χ4n) is 3.51. The highest BCUT2D eigenvalue weighted by Gasteiger charge is 2.35. The smallest absolute Gasteiger partial charge is 0.0756 e. The molecule has 0 aromatic carbocycles. The Bertz CT molecular complexity index is 199. The topological polar surface area (TPSA) is 21.3 Å². The van der Waals surface area contributed by atoms with E-state index in [9.17, 15) is 0 Å². The van der Waals surface area contributed by atoms with E-state index < -0.39 is 0 Å². The maximum absolute atomic E-state index is 5.95. The molecule has 0 bridgehead atoms. The predicted octanol–water partition coefficient (Wildman–Crippen LogP) is 2.97. The minimum absolute atomic E-state index is 0.466. The van der Waals surface area contributed by atoms with Crippen LogP contribution < -0.4 is 5.32 Å². The van der Waals surface area contributed by atoms with Crippen molar-refractivity contribution in [3.05, 3.63) is 0 Å². The second-order valence-electron chi connectivity index (χ2n) is 5.67. The van der Waals surface area contributed by atoms with E-state index in [2.05, 4.69) is 19.3 Å². The summed E-state index contributed by atoms with van der Waals surface area (Å²) in [6.07, 6.45) is 10.2. The normalized spacial score (nSPS) is 34.9. The van der Waals surface area contributed by atoms with Gasteiger partial charge in [-0.3, -0.25) is 0 Å². The summed E-state index contributed by atoms with van der Waals surface area (Å²) in [4.78, 5) is 0. The molecule has 16 heavy (non-hydrogen) atoms. The lowest BCUT2D eigenvalue weighted by Gasteiger charge is -2.32. The lowest BCUT2D eigenvalue weighted by atomic mass is 9.84. The molecule has 1 aliphatic carbocycles. The summed E-state index contributed by atoms with van der Waals surface area (Å²) in [5.74, 6) is 1.58. The van der Waals surface area contributed by atoms with Crippen LogP contribution in [0.2, 0.25) is 0 Å². The van der Waals surface area contributed by atoms with E-state index in [1.807, 2.05) is 0 Å². The molecule has 2 fully saturated rings. The number of nitrogens with one attached hydrogen (secondary N) is 1. The molecule has 1 saturated heterocycles. The predicted molar refractivity (Wildman–Crippen MR) is 67.6 cm³/mol. The molecule has 2 aliphatic rings. The van der Waals surface area contributed by atoms with Crippen LogP contribution in [0.15, 0.2) is 0 Å². The summed E-state index contributed by atoms with van der Waals surface area (Å²) in [6.45, 7) is 3.31. The van der Waals surface area contributed by atoms with Gasteiger partial charge in [-0.2, -0.15) is 0 Å². The second kappa shape index (κ2) is 6.02. The van der Waals surface area contributed by atoms with Crippen LogP contribution in [0.25, 0.3) is 0 Å². The van der Waals surface area contributed by atoms with Crippen molar-refractivity contribution >= 4 is 0 Å². The first kappa shape index (κ1) is 12.4. The van der Waals surface area contributed by atoms with Crippen LogP contribution in [0.4, 0.5) is 0 Å². The molecule has 0 spiro atoms. The zero-order chi connectivity index (χ0) is 11.4. The molecule has 2 rings (SSSR count). The lowest BCUT2D eigenvalue weighted by molar-refractivity contribution is 0.0404. The van der Waals surface area contributed by atoms with Crippen LogP contribution in [0.3, 0.4) is 0 Å². The number of ether oxygens (including phenoxy) is 1. The van der Waals surface area contributed by atoms with Crippen molar-refractivity contribution in [2.45, 2.75) is 64.0 Å². The first-order valence-corrected chi connectivity index (χ1v) is 7.12. The fraction of sp³-hybridized carbons (Fsp3) is 1.00. The van der Waals surface area contributed by atoms with Crippen LogP contribution in [-0.4, -0.2) is 25.8 Å². The maximum Gasteiger partial charge on any atom is 0.0756 e. The molecule has 94 valence electrons. The van der Waals surface area contributed by atoms with Crippen molar-refractivity contribution < 1.29 is 4.74 Å². The van der Waals surface area contributed by atoms with Crippen molar-refractivity contribution in [1.82, 2.24) is 5.32 Å². The number of likely N-dealkylation sites (N-methyl/N-ethyl adjacent to an activating group) is 1. The van der Waals surface area contributed by atoms with E-state index in [1.165, 1.54) is 44.9 Å². The highest BCUT2D eigenvalue weighted by molar-refractivity contribution is 4.89. The first-order valence-electron chi connectivity index (χ1n) is 7.12. The van der Waals surface area contributed by atoms with Gasteiger partial charge >= 0.3 is 0 Å². The molecule has 1 saturated carbocycles. The Morgan fingerprint density at radius 1 is 1.06 bits per heavy atom. The summed E-state index contributed by atoms with van der Waals surface area (Å²) < 4.78 is 5.95. The molecular formula is C14H27NO. The van der Waals surface area contributed by atoms with Crippen LogP contribution >= 0.6 is 0 Å². The van der Waals surface area contributed by atoms with Crippen molar-refractivity contribution in [1.29, 1.82) is 0 Å². The first-order chi connectivity index (χ1) is 7.83. The van der Waals surface area contributed by atoms with E-state index in [0.717, 1.165) is 18.4 Å². The molecular weight excluding hydrogens is 198 g/mol. The van der Waals surface area contributed by atoms with Crippen molar-refractivity contribution in [3.8, 4) is 0 Å². The van der Waals surface area contributed by atoms with Crippen molar-refractivity contribution in [3.63, 3.8) is 0 Å². The van der Waals surface area contributed by atoms with Crippen molar-refractivity contribution in [2.24, 2.45) is 11.8 Å². The van der Waals surface area contributed by atoms with Gasteiger partial charge < -0.3 is 10.1 Å². The SMILES string of the molecule is CNC(C1CCCCCC1)C1OCCC1C. The highest BCUT2D eigenvalue weighted by atomic mass is 16.5. The van der Waals surface area contributed by atoms with Gasteiger partial charge in [0.25, 0.3) is 0 Å². The molecule has 0 aromatic heterocycles. The second-order valence-corrected chi connectivity index (χ2v) is 5.67. The standard InChI is InChI=1S/C14H27NO/c1-11-9-10-16-14(11)13(15-2)12-7-5-3-4-6-8-12/h11-15H,3-10H2,1-2H3. The minimum atomic E-state index is 0.466. The zero-order valence-electron chi connectivity index (χ0n) is 10.9. The Morgan fingerprint density at radius 2 is 1.75 bits per heavy atom. The van der Waals surface area contributed by atoms with Gasteiger partial charge in [0.15, 0.2) is 0 Å². The number of hydrogen-bond acceptors (Lipinski definition) is 2. The quantitative estimate of drug-likeness (QED) is 0.746. The summed E-state index contributed by atoms with van der Waals surface area (Å²) >= 11 is 0. The van der Waals surface area contributed by atoms with Gasteiger partial charge in [-0.15, -0.1) is 0 Å². The van der Waals surface area contributed by atoms with Gasteiger partial charge in [-0.25, -0.2) is 0 Å². The molecule has 0 amide bonds. The van der Waals surface area contributed by atoms with Gasteiger partial charge in [0, 0.05) is 12.6 Å². The Kier molecular flexibility index (Phi) is 4.66. The Balaban J connectivity index is 1.96. The summed E-state index contributed by atoms with van der Waals surface area (Å²) in [7, 11) is 2.12. The molecule has 1 heterocycles. The lowest BCUT2D eigenvalue weighted by Crippen LogP contribution is -2.45. The van der Waals surface area contributed by atoms with E-state index in [-0.39, 0.29) is 0 Å². The molecule has 3 unspecified atom stereocenters. The van der Waals surface area contributed by atoms with Crippen LogP contribution in [0.1, 0.15) is 51.9 Å². The summed E-state index contributed by atoms with van der Waals surface area (Å²) in [6, 6.07) is 0.593. The zero-order valence-corrected chi connectivity index (χ0v) is 10.9. The average molecular weight is 225 g/mol. The summed E-state index contributed by atoms with van der Waals surface area (Å²) in [5, 5.41) is 3.55. The molecule has 0 radical (unpaired) electrons. The summed E-state index contributed by atoms with van der Waals surface area (Å²) in [5.41, 5.74) is 0. The molecule has 2 nitrogen and oxygen atoms in total. The molecule has 1 aliphatic heterocycles. The number of rotatable bonds is 3. The Labute approximate surface area is 100 Å². The van der Waals surface area contributed by atoms with E-state index in [1.54, 1.807) is 0 Å². The third-order valence-corrected chi connectivity index (χ3v) is 4.54. The van der Waals surface area contributed by atoms with Crippen LogP contribution in [-0.2, 0) is 4.74 Å². The van der Waals surface area contributed by atoms with E-state index in [4.69, 9.17) is 4.74 Å². The van der Waals surface area contributed by atoms with Gasteiger partial charge in [0.2, 0.25) is 0 Å². The minimum Gasteiger partial charge on any atom is -0.376 e. The largest absolute Gasteiger partial charge is 0.376 e. The van der Waals surface area contributed by atoms with Gasteiger partial charge in [-0.1, -0.05) is 32.6 Å². The maximum atomic E-state index is 5.95.